The van der Waals surface area contributed by atoms with Crippen LogP contribution in [-0.2, 0) is 11.0 Å². The number of imidazole rings is 1. The number of aromatic nitrogens is 2. The third-order valence-corrected chi connectivity index (χ3v) is 8.38. The highest BCUT2D eigenvalue weighted by Crippen LogP contribution is 2.64. The quantitative estimate of drug-likeness (QED) is 0.656. The highest BCUT2D eigenvalue weighted by molar-refractivity contribution is 6.33. The van der Waals surface area contributed by atoms with E-state index in [1.165, 1.54) is 11.3 Å². The van der Waals surface area contributed by atoms with Gasteiger partial charge in [0.15, 0.2) is 11.3 Å². The van der Waals surface area contributed by atoms with Gasteiger partial charge >= 0.3 is 6.18 Å². The van der Waals surface area contributed by atoms with Crippen LogP contribution in [0.15, 0.2) is 12.3 Å². The molecule has 10 heteroatoms. The Bertz CT molecular complexity index is 1190. The SMILES string of the molecule is CC12C[C@@H](N3CCN(C(=O)c4nc5c(C(F)(F)F)cc(C6CC6)cn5c4Cl)CC3=O)C[C@H]1C2. The fourth-order valence-corrected chi connectivity index (χ4v) is 6.08. The second-order valence-electron chi connectivity index (χ2n) is 10.4. The first-order chi connectivity index (χ1) is 15.5. The maximum absolute atomic E-state index is 13.7. The zero-order chi connectivity index (χ0) is 23.3. The Morgan fingerprint density at radius 3 is 2.61 bits per heavy atom. The molecule has 2 amide bonds. The normalized spacial score (nSPS) is 29.7. The highest BCUT2D eigenvalue weighted by Gasteiger charge is 2.58. The van der Waals surface area contributed by atoms with E-state index in [4.69, 9.17) is 11.6 Å². The van der Waals surface area contributed by atoms with E-state index in [9.17, 15) is 22.8 Å². The summed E-state index contributed by atoms with van der Waals surface area (Å²) in [5, 5.41) is -0.151. The van der Waals surface area contributed by atoms with Gasteiger partial charge in [-0.25, -0.2) is 4.98 Å². The molecule has 1 saturated heterocycles. The number of alkyl halides is 3. The van der Waals surface area contributed by atoms with Crippen molar-refractivity contribution in [2.75, 3.05) is 19.6 Å². The Morgan fingerprint density at radius 1 is 1.24 bits per heavy atom. The average Bonchev–Trinajstić information content (AvgIpc) is 3.65. The van der Waals surface area contributed by atoms with Crippen molar-refractivity contribution in [3.8, 4) is 0 Å². The Kier molecular flexibility index (Phi) is 4.42. The van der Waals surface area contributed by atoms with Crippen LogP contribution < -0.4 is 0 Å². The fourth-order valence-electron chi connectivity index (χ4n) is 5.83. The lowest BCUT2D eigenvalue weighted by Gasteiger charge is -2.38. The number of hydrogen-bond donors (Lipinski definition) is 0. The van der Waals surface area contributed by atoms with E-state index < -0.39 is 17.6 Å². The number of carbonyl (C=O) groups excluding carboxylic acids is 2. The van der Waals surface area contributed by atoms with E-state index in [2.05, 4.69) is 11.9 Å². The summed E-state index contributed by atoms with van der Waals surface area (Å²) in [5.41, 5.74) is -0.630. The molecule has 33 heavy (non-hydrogen) atoms. The van der Waals surface area contributed by atoms with Crippen LogP contribution in [0.1, 0.15) is 66.6 Å². The molecular weight excluding hydrogens is 457 g/mol. The smallest absolute Gasteiger partial charge is 0.336 e. The number of piperazine rings is 1. The number of amides is 2. The Morgan fingerprint density at radius 2 is 2.00 bits per heavy atom. The summed E-state index contributed by atoms with van der Waals surface area (Å²) in [6.07, 6.45) is 1.81. The molecule has 3 heterocycles. The third-order valence-electron chi connectivity index (χ3n) is 8.02. The summed E-state index contributed by atoms with van der Waals surface area (Å²) >= 11 is 6.39. The van der Waals surface area contributed by atoms with E-state index in [-0.39, 0.29) is 40.9 Å². The van der Waals surface area contributed by atoms with Crippen LogP contribution >= 0.6 is 11.6 Å². The molecular formula is C23H24ClF3N4O2. The van der Waals surface area contributed by atoms with E-state index in [1.807, 2.05) is 4.90 Å². The average molecular weight is 481 g/mol. The second kappa shape index (κ2) is 6.87. The van der Waals surface area contributed by atoms with Gasteiger partial charge in [0.2, 0.25) is 5.91 Å². The van der Waals surface area contributed by atoms with Gasteiger partial charge in [0.1, 0.15) is 11.7 Å². The molecule has 0 spiro atoms. The molecule has 3 atom stereocenters. The van der Waals surface area contributed by atoms with Crippen molar-refractivity contribution in [3.63, 3.8) is 0 Å². The number of hydrogen-bond acceptors (Lipinski definition) is 3. The van der Waals surface area contributed by atoms with Crippen molar-refractivity contribution in [1.82, 2.24) is 19.2 Å². The van der Waals surface area contributed by atoms with Crippen LogP contribution in [0.5, 0.6) is 0 Å². The maximum atomic E-state index is 13.7. The summed E-state index contributed by atoms with van der Waals surface area (Å²) in [5.74, 6) is 0.0215. The fraction of sp³-hybridized carbons (Fsp3) is 0.609. The molecule has 6 rings (SSSR count). The zero-order valence-corrected chi connectivity index (χ0v) is 18.9. The van der Waals surface area contributed by atoms with Crippen LogP contribution in [0.25, 0.3) is 5.65 Å². The molecule has 1 aliphatic heterocycles. The Balaban J connectivity index is 1.26. The van der Waals surface area contributed by atoms with Gasteiger partial charge in [-0.1, -0.05) is 18.5 Å². The van der Waals surface area contributed by atoms with Gasteiger partial charge in [0.05, 0.1) is 5.56 Å². The molecule has 6 nitrogen and oxygen atoms in total. The minimum Gasteiger partial charge on any atom is -0.336 e. The van der Waals surface area contributed by atoms with Crippen LogP contribution in [0.4, 0.5) is 13.2 Å². The largest absolute Gasteiger partial charge is 0.419 e. The number of pyridine rings is 1. The highest BCUT2D eigenvalue weighted by atomic mass is 35.5. The number of carbonyl (C=O) groups is 2. The first kappa shape index (κ1) is 21.3. The van der Waals surface area contributed by atoms with Crippen LogP contribution in [0.3, 0.4) is 0 Å². The zero-order valence-electron chi connectivity index (χ0n) is 18.2. The van der Waals surface area contributed by atoms with Gasteiger partial charge in [-0.15, -0.1) is 0 Å². The van der Waals surface area contributed by atoms with Gasteiger partial charge < -0.3 is 9.80 Å². The standard InChI is InChI=1S/C23H24ClF3N4O2/c1-22-8-14(22)7-15(9-22)30-5-4-29(11-17(30)32)21(33)18-19(24)31-10-13(12-2-3-12)6-16(20(31)28-18)23(25,26)27/h6,10,12,14-15H,2-5,7-9,11H2,1H3/t14-,15-,22?/m0/s1. The first-order valence-corrected chi connectivity index (χ1v) is 11.8. The predicted octanol–water partition coefficient (Wildman–Crippen LogP) is 4.36. The molecule has 0 radical (unpaired) electrons. The van der Waals surface area contributed by atoms with Crippen LogP contribution in [-0.4, -0.2) is 56.7 Å². The molecule has 3 aliphatic carbocycles. The predicted molar refractivity (Wildman–Crippen MR) is 114 cm³/mol. The third kappa shape index (κ3) is 3.42. The van der Waals surface area contributed by atoms with E-state index in [0.717, 1.165) is 36.2 Å². The summed E-state index contributed by atoms with van der Waals surface area (Å²) < 4.78 is 42.4. The van der Waals surface area contributed by atoms with E-state index in [0.29, 0.717) is 30.0 Å². The molecule has 0 N–H and O–H groups in total. The van der Waals surface area contributed by atoms with Gasteiger partial charge in [0.25, 0.3) is 5.91 Å². The topological polar surface area (TPSA) is 57.9 Å². The summed E-state index contributed by atoms with van der Waals surface area (Å²) in [4.78, 5) is 33.3. The molecule has 0 bridgehead atoms. The van der Waals surface area contributed by atoms with Crippen molar-refractivity contribution in [1.29, 1.82) is 0 Å². The number of rotatable bonds is 3. The Labute approximate surface area is 193 Å². The van der Waals surface area contributed by atoms with Gasteiger partial charge in [0, 0.05) is 25.3 Å². The molecule has 2 aromatic rings. The summed E-state index contributed by atoms with van der Waals surface area (Å²) in [6, 6.07) is 1.33. The van der Waals surface area contributed by atoms with Crippen molar-refractivity contribution in [3.05, 3.63) is 34.2 Å². The van der Waals surface area contributed by atoms with Crippen LogP contribution in [0.2, 0.25) is 5.15 Å². The van der Waals surface area contributed by atoms with Crippen LogP contribution in [0, 0.1) is 11.3 Å². The van der Waals surface area contributed by atoms with Crippen molar-refractivity contribution < 1.29 is 22.8 Å². The number of nitrogens with zero attached hydrogens (tertiary/aromatic N) is 4. The monoisotopic (exact) mass is 480 g/mol. The lowest BCUT2D eigenvalue weighted by Crippen LogP contribution is -2.55. The minimum absolute atomic E-state index is 0.0719. The lowest BCUT2D eigenvalue weighted by molar-refractivity contribution is -0.138. The van der Waals surface area contributed by atoms with E-state index >= 15 is 0 Å². The van der Waals surface area contributed by atoms with Gasteiger partial charge in [-0.3, -0.25) is 14.0 Å². The first-order valence-electron chi connectivity index (χ1n) is 11.4. The van der Waals surface area contributed by atoms with E-state index in [1.54, 1.807) is 6.20 Å². The molecule has 0 aromatic carbocycles. The lowest BCUT2D eigenvalue weighted by atomic mass is 10.0. The molecule has 4 fully saturated rings. The Hall–Kier alpha value is -2.29. The van der Waals surface area contributed by atoms with Crippen molar-refractivity contribution >= 4 is 29.1 Å². The molecule has 3 saturated carbocycles. The molecule has 4 aliphatic rings. The minimum atomic E-state index is -4.62. The summed E-state index contributed by atoms with van der Waals surface area (Å²) in [7, 11) is 0. The molecule has 1 unspecified atom stereocenters. The summed E-state index contributed by atoms with van der Waals surface area (Å²) in [6.45, 7) is 2.88. The molecule has 176 valence electrons. The van der Waals surface area contributed by atoms with Gasteiger partial charge in [-0.2, -0.15) is 13.2 Å². The number of halogens is 4. The van der Waals surface area contributed by atoms with Crippen molar-refractivity contribution in [2.24, 2.45) is 11.3 Å². The maximum Gasteiger partial charge on any atom is 0.419 e. The molecule has 2 aromatic heterocycles. The van der Waals surface area contributed by atoms with Gasteiger partial charge in [-0.05, 0) is 61.0 Å². The number of fused-ring (bicyclic) bond motifs is 2. The van der Waals surface area contributed by atoms with Crippen molar-refractivity contribution in [2.45, 2.75) is 57.2 Å². The second-order valence-corrected chi connectivity index (χ2v) is 10.7.